The number of Topliss-reactive ketones (excluding diaryl/α,β-unsaturated/α-hetero) is 1. The van der Waals surface area contributed by atoms with E-state index < -0.39 is 17.7 Å². The summed E-state index contributed by atoms with van der Waals surface area (Å²) < 4.78 is 21.8. The standard InChI is InChI=1S/C27H32N2O7/c1-5-28(6-2)12-7-13-29-24(19-15-18(33-3)9-11-20(19)34-4)23(26(31)27(29)32)25(30)17-8-10-21-22(14-17)36-16-35-21/h8-11,14-15,24,30H,5-7,12-13,16H2,1-4H3. The Morgan fingerprint density at radius 3 is 2.50 bits per heavy atom. The Kier molecular flexibility index (Phi) is 7.69. The number of carbonyl (C=O) groups excluding carboxylic acids is 2. The van der Waals surface area contributed by atoms with Gasteiger partial charge in [0.2, 0.25) is 6.79 Å². The predicted molar refractivity (Wildman–Crippen MR) is 134 cm³/mol. The molecule has 0 bridgehead atoms. The lowest BCUT2D eigenvalue weighted by molar-refractivity contribution is -0.140. The minimum Gasteiger partial charge on any atom is -0.507 e. The summed E-state index contributed by atoms with van der Waals surface area (Å²) in [5.41, 5.74) is 0.904. The summed E-state index contributed by atoms with van der Waals surface area (Å²) in [7, 11) is 3.06. The predicted octanol–water partition coefficient (Wildman–Crippen LogP) is 3.59. The number of amides is 1. The van der Waals surface area contributed by atoms with Crippen LogP contribution in [0.2, 0.25) is 0 Å². The monoisotopic (exact) mass is 496 g/mol. The quantitative estimate of drug-likeness (QED) is 0.303. The van der Waals surface area contributed by atoms with Gasteiger partial charge < -0.3 is 33.9 Å². The number of fused-ring (bicyclic) bond motifs is 1. The number of hydrogen-bond acceptors (Lipinski definition) is 8. The van der Waals surface area contributed by atoms with Gasteiger partial charge in [0, 0.05) is 17.7 Å². The first kappa shape index (κ1) is 25.4. The van der Waals surface area contributed by atoms with Crippen LogP contribution < -0.4 is 18.9 Å². The number of ketones is 1. The first-order valence-electron chi connectivity index (χ1n) is 12.1. The molecule has 0 aromatic heterocycles. The number of rotatable bonds is 10. The molecule has 2 heterocycles. The highest BCUT2D eigenvalue weighted by Gasteiger charge is 2.47. The van der Waals surface area contributed by atoms with Crippen LogP contribution in [0.15, 0.2) is 42.0 Å². The second-order valence-electron chi connectivity index (χ2n) is 8.55. The fourth-order valence-corrected chi connectivity index (χ4v) is 4.69. The molecule has 1 atom stereocenters. The molecule has 36 heavy (non-hydrogen) atoms. The van der Waals surface area contributed by atoms with Crippen LogP contribution in [0.4, 0.5) is 0 Å². The molecule has 1 amide bonds. The number of likely N-dealkylation sites (tertiary alicyclic amines) is 1. The Morgan fingerprint density at radius 2 is 1.81 bits per heavy atom. The number of hydrogen-bond donors (Lipinski definition) is 1. The number of aliphatic hydroxyl groups is 1. The Labute approximate surface area is 210 Å². The van der Waals surface area contributed by atoms with Crippen molar-refractivity contribution in [3.63, 3.8) is 0 Å². The fourth-order valence-electron chi connectivity index (χ4n) is 4.69. The van der Waals surface area contributed by atoms with Crippen LogP contribution in [0.1, 0.15) is 37.4 Å². The largest absolute Gasteiger partial charge is 0.507 e. The molecule has 2 aliphatic heterocycles. The van der Waals surface area contributed by atoms with Crippen LogP contribution in [0.3, 0.4) is 0 Å². The number of ether oxygens (including phenoxy) is 4. The van der Waals surface area contributed by atoms with E-state index in [0.29, 0.717) is 47.1 Å². The summed E-state index contributed by atoms with van der Waals surface area (Å²) in [6.45, 7) is 7.16. The van der Waals surface area contributed by atoms with Crippen molar-refractivity contribution in [2.75, 3.05) is 47.2 Å². The molecule has 4 rings (SSSR count). The van der Waals surface area contributed by atoms with Gasteiger partial charge >= 0.3 is 0 Å². The molecular weight excluding hydrogens is 464 g/mol. The van der Waals surface area contributed by atoms with E-state index in [0.717, 1.165) is 19.6 Å². The van der Waals surface area contributed by atoms with E-state index in [1.807, 2.05) is 0 Å². The zero-order chi connectivity index (χ0) is 25.8. The van der Waals surface area contributed by atoms with Crippen molar-refractivity contribution in [1.82, 2.24) is 9.80 Å². The molecule has 0 radical (unpaired) electrons. The van der Waals surface area contributed by atoms with Crippen molar-refractivity contribution in [3.8, 4) is 23.0 Å². The van der Waals surface area contributed by atoms with Gasteiger partial charge in [-0.05, 0) is 62.5 Å². The van der Waals surface area contributed by atoms with Crippen molar-refractivity contribution < 1.29 is 33.6 Å². The van der Waals surface area contributed by atoms with E-state index in [2.05, 4.69) is 18.7 Å². The second-order valence-corrected chi connectivity index (χ2v) is 8.55. The van der Waals surface area contributed by atoms with Gasteiger partial charge in [-0.3, -0.25) is 9.59 Å². The number of aliphatic hydroxyl groups excluding tert-OH is 1. The minimum atomic E-state index is -0.850. The molecule has 1 unspecified atom stereocenters. The molecule has 0 aliphatic carbocycles. The zero-order valence-electron chi connectivity index (χ0n) is 21.1. The van der Waals surface area contributed by atoms with Gasteiger partial charge in [0.25, 0.3) is 11.7 Å². The van der Waals surface area contributed by atoms with E-state index in [9.17, 15) is 14.7 Å². The molecule has 1 N–H and O–H groups in total. The number of benzene rings is 2. The van der Waals surface area contributed by atoms with Crippen molar-refractivity contribution in [1.29, 1.82) is 0 Å². The van der Waals surface area contributed by atoms with Gasteiger partial charge in [0.1, 0.15) is 17.3 Å². The molecular formula is C27H32N2O7. The topological polar surface area (TPSA) is 97.8 Å². The molecule has 192 valence electrons. The fraction of sp³-hybridized carbons (Fsp3) is 0.407. The Balaban J connectivity index is 1.81. The molecule has 2 aliphatic rings. The van der Waals surface area contributed by atoms with Crippen LogP contribution in [0.25, 0.3) is 5.76 Å². The molecule has 2 aromatic carbocycles. The third-order valence-electron chi connectivity index (χ3n) is 6.69. The number of methoxy groups -OCH3 is 2. The molecule has 9 heteroatoms. The van der Waals surface area contributed by atoms with Crippen molar-refractivity contribution in [2.24, 2.45) is 0 Å². The molecule has 2 aromatic rings. The van der Waals surface area contributed by atoms with Crippen molar-refractivity contribution >= 4 is 17.4 Å². The van der Waals surface area contributed by atoms with E-state index in [4.69, 9.17) is 18.9 Å². The van der Waals surface area contributed by atoms with Crippen LogP contribution >= 0.6 is 0 Å². The second kappa shape index (κ2) is 10.9. The number of carbonyl (C=O) groups is 2. The molecule has 1 saturated heterocycles. The van der Waals surface area contributed by atoms with Gasteiger partial charge in [0.15, 0.2) is 11.5 Å². The lowest BCUT2D eigenvalue weighted by atomic mass is 9.94. The summed E-state index contributed by atoms with van der Waals surface area (Å²) in [4.78, 5) is 30.4. The van der Waals surface area contributed by atoms with E-state index >= 15 is 0 Å². The lowest BCUT2D eigenvalue weighted by Crippen LogP contribution is -2.33. The Hall–Kier alpha value is -3.72. The lowest BCUT2D eigenvalue weighted by Gasteiger charge is -2.28. The Morgan fingerprint density at radius 1 is 1.06 bits per heavy atom. The third kappa shape index (κ3) is 4.70. The average Bonchev–Trinajstić information content (AvgIpc) is 3.48. The molecule has 0 saturated carbocycles. The van der Waals surface area contributed by atoms with Crippen LogP contribution in [0.5, 0.6) is 23.0 Å². The van der Waals surface area contributed by atoms with E-state index in [-0.39, 0.29) is 18.1 Å². The highest BCUT2D eigenvalue weighted by molar-refractivity contribution is 6.46. The van der Waals surface area contributed by atoms with Crippen molar-refractivity contribution in [3.05, 3.63) is 53.1 Å². The van der Waals surface area contributed by atoms with Crippen LogP contribution in [-0.4, -0.2) is 73.8 Å². The summed E-state index contributed by atoms with van der Waals surface area (Å²) in [6, 6.07) is 9.26. The third-order valence-corrected chi connectivity index (χ3v) is 6.69. The maximum atomic E-state index is 13.4. The number of nitrogens with zero attached hydrogens (tertiary/aromatic N) is 2. The average molecular weight is 497 g/mol. The van der Waals surface area contributed by atoms with Gasteiger partial charge in [-0.1, -0.05) is 13.8 Å². The SMILES string of the molecule is CCN(CC)CCCN1C(=O)C(=O)C(=C(O)c2ccc3c(c2)OCO3)C1c1cc(OC)ccc1OC. The van der Waals surface area contributed by atoms with Gasteiger partial charge in [-0.2, -0.15) is 0 Å². The van der Waals surface area contributed by atoms with Crippen LogP contribution in [-0.2, 0) is 9.59 Å². The first-order chi connectivity index (χ1) is 17.4. The van der Waals surface area contributed by atoms with Crippen LogP contribution in [0, 0.1) is 0 Å². The van der Waals surface area contributed by atoms with Gasteiger partial charge in [0.05, 0.1) is 25.8 Å². The van der Waals surface area contributed by atoms with Gasteiger partial charge in [-0.25, -0.2) is 0 Å². The highest BCUT2D eigenvalue weighted by Crippen LogP contribution is 2.44. The maximum absolute atomic E-state index is 13.4. The van der Waals surface area contributed by atoms with E-state index in [1.165, 1.54) is 12.0 Å². The first-order valence-corrected chi connectivity index (χ1v) is 12.1. The van der Waals surface area contributed by atoms with Crippen molar-refractivity contribution in [2.45, 2.75) is 26.3 Å². The zero-order valence-corrected chi connectivity index (χ0v) is 21.1. The minimum absolute atomic E-state index is 0.00624. The highest BCUT2D eigenvalue weighted by atomic mass is 16.7. The maximum Gasteiger partial charge on any atom is 0.295 e. The summed E-state index contributed by atoms with van der Waals surface area (Å²) in [6.07, 6.45) is 0.668. The summed E-state index contributed by atoms with van der Waals surface area (Å²) >= 11 is 0. The van der Waals surface area contributed by atoms with Gasteiger partial charge in [-0.15, -0.1) is 0 Å². The molecule has 1 fully saturated rings. The Bertz CT molecular complexity index is 1170. The normalized spacial score (nSPS) is 18.2. The summed E-state index contributed by atoms with van der Waals surface area (Å²) in [5, 5.41) is 11.4. The molecule has 0 spiro atoms. The summed E-state index contributed by atoms with van der Waals surface area (Å²) in [5.74, 6) is 0.343. The smallest absolute Gasteiger partial charge is 0.295 e. The molecule has 9 nitrogen and oxygen atoms in total. The van der Waals surface area contributed by atoms with E-state index in [1.54, 1.807) is 43.5 Å².